The van der Waals surface area contributed by atoms with Crippen LogP contribution in [0.2, 0.25) is 0 Å². The molecule has 15 heavy (non-hydrogen) atoms. The molecular formula is C9H8N2O2S2. The zero-order chi connectivity index (χ0) is 10.7. The van der Waals surface area contributed by atoms with Gasteiger partial charge in [-0.25, -0.2) is 4.21 Å². The first-order valence-corrected chi connectivity index (χ1v) is 6.07. The van der Waals surface area contributed by atoms with Crippen molar-refractivity contribution in [2.75, 3.05) is 0 Å². The van der Waals surface area contributed by atoms with Crippen LogP contribution in [0.1, 0.15) is 11.3 Å². The molecule has 1 aromatic heterocycles. The van der Waals surface area contributed by atoms with Crippen molar-refractivity contribution in [2.24, 2.45) is 0 Å². The summed E-state index contributed by atoms with van der Waals surface area (Å²) in [4.78, 5) is 0. The van der Waals surface area contributed by atoms with Gasteiger partial charge in [0.1, 0.15) is 0 Å². The van der Waals surface area contributed by atoms with Crippen LogP contribution in [0.15, 0.2) is 35.4 Å². The Kier molecular flexibility index (Phi) is 3.20. The van der Waals surface area contributed by atoms with Gasteiger partial charge in [0.25, 0.3) is 0 Å². The fraction of sp³-hybridized carbons (Fsp3) is 0.111. The van der Waals surface area contributed by atoms with E-state index in [-0.39, 0.29) is 5.03 Å². The van der Waals surface area contributed by atoms with Gasteiger partial charge in [0.15, 0.2) is 5.03 Å². The van der Waals surface area contributed by atoms with Gasteiger partial charge in [-0.05, 0) is 5.56 Å². The Bertz CT molecular complexity index is 470. The molecule has 0 radical (unpaired) electrons. The summed E-state index contributed by atoms with van der Waals surface area (Å²) in [5.74, 6) is 0. The summed E-state index contributed by atoms with van der Waals surface area (Å²) in [6.07, 6.45) is 0.541. The molecule has 1 heterocycles. The molecule has 0 fully saturated rings. The van der Waals surface area contributed by atoms with Crippen LogP contribution >= 0.6 is 11.7 Å². The van der Waals surface area contributed by atoms with Crippen LogP contribution in [0.4, 0.5) is 0 Å². The Morgan fingerprint density at radius 2 is 2.00 bits per heavy atom. The van der Waals surface area contributed by atoms with Crippen molar-refractivity contribution in [2.45, 2.75) is 11.4 Å². The smallest absolute Gasteiger partial charge is 0.208 e. The van der Waals surface area contributed by atoms with Crippen molar-refractivity contribution in [3.05, 3.63) is 41.6 Å². The molecule has 1 N–H and O–H groups in total. The molecule has 2 aromatic rings. The first-order chi connectivity index (χ1) is 7.27. The van der Waals surface area contributed by atoms with Crippen LogP contribution < -0.4 is 0 Å². The standard InChI is InChI=1S/C9H8N2O2S2/c12-15(13)9-8(10-14-11-9)6-7-4-2-1-3-5-7/h1-5H,6H2,(H,12,13). The second kappa shape index (κ2) is 4.61. The Morgan fingerprint density at radius 1 is 1.27 bits per heavy atom. The van der Waals surface area contributed by atoms with Crippen molar-refractivity contribution in [3.63, 3.8) is 0 Å². The number of nitrogens with zero attached hydrogens (tertiary/aromatic N) is 2. The minimum absolute atomic E-state index is 0.170. The van der Waals surface area contributed by atoms with Gasteiger partial charge in [-0.2, -0.15) is 8.75 Å². The Morgan fingerprint density at radius 3 is 2.67 bits per heavy atom. The lowest BCUT2D eigenvalue weighted by Crippen LogP contribution is -1.96. The molecule has 4 nitrogen and oxygen atoms in total. The van der Waals surface area contributed by atoms with Gasteiger partial charge in [-0.1, -0.05) is 30.3 Å². The molecule has 0 amide bonds. The molecule has 0 saturated carbocycles. The first-order valence-electron chi connectivity index (χ1n) is 4.23. The predicted octanol–water partition coefficient (Wildman–Crippen LogP) is 1.71. The van der Waals surface area contributed by atoms with E-state index in [4.69, 9.17) is 4.55 Å². The summed E-state index contributed by atoms with van der Waals surface area (Å²) >= 11 is -1.09. The fourth-order valence-corrected chi connectivity index (χ4v) is 2.43. The quantitative estimate of drug-likeness (QED) is 0.830. The zero-order valence-corrected chi connectivity index (χ0v) is 9.29. The van der Waals surface area contributed by atoms with Crippen molar-refractivity contribution < 1.29 is 8.76 Å². The molecule has 1 unspecified atom stereocenters. The molecule has 6 heteroatoms. The SMILES string of the molecule is O=S(O)c1nsnc1Cc1ccccc1. The summed E-state index contributed by atoms with van der Waals surface area (Å²) in [6, 6.07) is 9.66. The molecule has 0 saturated heterocycles. The molecule has 2 rings (SSSR count). The highest BCUT2D eigenvalue weighted by atomic mass is 32.2. The fourth-order valence-electron chi connectivity index (χ4n) is 1.23. The van der Waals surface area contributed by atoms with E-state index in [1.54, 1.807) is 0 Å². The zero-order valence-electron chi connectivity index (χ0n) is 7.66. The van der Waals surface area contributed by atoms with Gasteiger partial charge < -0.3 is 4.55 Å². The van der Waals surface area contributed by atoms with Gasteiger partial charge in [0.2, 0.25) is 11.1 Å². The van der Waals surface area contributed by atoms with Crippen LogP contribution in [0.25, 0.3) is 0 Å². The van der Waals surface area contributed by atoms with Gasteiger partial charge in [-0.3, -0.25) is 0 Å². The van der Waals surface area contributed by atoms with Crippen LogP contribution in [0, 0.1) is 0 Å². The highest BCUT2D eigenvalue weighted by molar-refractivity contribution is 7.79. The third-order valence-electron chi connectivity index (χ3n) is 1.90. The van der Waals surface area contributed by atoms with E-state index in [0.29, 0.717) is 12.1 Å². The minimum atomic E-state index is -2.05. The monoisotopic (exact) mass is 240 g/mol. The van der Waals surface area contributed by atoms with Crippen LogP contribution in [-0.4, -0.2) is 17.5 Å². The molecule has 0 bridgehead atoms. The van der Waals surface area contributed by atoms with E-state index < -0.39 is 11.1 Å². The van der Waals surface area contributed by atoms with E-state index in [0.717, 1.165) is 17.3 Å². The lowest BCUT2D eigenvalue weighted by Gasteiger charge is -1.97. The Labute approximate surface area is 93.6 Å². The summed E-state index contributed by atoms with van der Waals surface area (Å²) in [7, 11) is 0. The minimum Gasteiger partial charge on any atom is -0.301 e. The maximum absolute atomic E-state index is 10.9. The molecule has 1 aromatic carbocycles. The normalized spacial score (nSPS) is 12.6. The molecule has 0 aliphatic carbocycles. The van der Waals surface area contributed by atoms with Crippen molar-refractivity contribution in [1.29, 1.82) is 0 Å². The third kappa shape index (κ3) is 2.47. The summed E-state index contributed by atoms with van der Waals surface area (Å²) < 4.78 is 27.6. The number of aromatic nitrogens is 2. The highest BCUT2D eigenvalue weighted by Crippen LogP contribution is 2.14. The van der Waals surface area contributed by atoms with E-state index in [9.17, 15) is 4.21 Å². The lowest BCUT2D eigenvalue weighted by molar-refractivity contribution is 0.560. The molecule has 0 spiro atoms. The van der Waals surface area contributed by atoms with Gasteiger partial charge >= 0.3 is 0 Å². The maximum atomic E-state index is 10.9. The largest absolute Gasteiger partial charge is 0.301 e. The topological polar surface area (TPSA) is 63.1 Å². The van der Waals surface area contributed by atoms with Gasteiger partial charge in [0.05, 0.1) is 17.4 Å². The summed E-state index contributed by atoms with van der Waals surface area (Å²) in [6.45, 7) is 0. The Balaban J connectivity index is 2.25. The van der Waals surface area contributed by atoms with E-state index in [1.807, 2.05) is 30.3 Å². The molecule has 78 valence electrons. The van der Waals surface area contributed by atoms with Gasteiger partial charge in [0, 0.05) is 6.42 Å². The predicted molar refractivity (Wildman–Crippen MR) is 58.2 cm³/mol. The first kappa shape index (κ1) is 10.4. The highest BCUT2D eigenvalue weighted by Gasteiger charge is 2.13. The lowest BCUT2D eigenvalue weighted by atomic mass is 10.1. The van der Waals surface area contributed by atoms with E-state index in [1.165, 1.54) is 0 Å². The number of hydrogen-bond donors (Lipinski definition) is 1. The van der Waals surface area contributed by atoms with Crippen LogP contribution in [0.3, 0.4) is 0 Å². The molecule has 0 aliphatic heterocycles. The Hall–Kier alpha value is -1.11. The number of hydrogen-bond acceptors (Lipinski definition) is 4. The average Bonchev–Trinajstić information content (AvgIpc) is 2.67. The van der Waals surface area contributed by atoms with Gasteiger partial charge in [-0.15, -0.1) is 0 Å². The van der Waals surface area contributed by atoms with Crippen LogP contribution in [-0.2, 0) is 17.5 Å². The second-order valence-electron chi connectivity index (χ2n) is 2.93. The summed E-state index contributed by atoms with van der Waals surface area (Å²) in [5, 5.41) is 0.170. The van der Waals surface area contributed by atoms with Crippen molar-refractivity contribution in [1.82, 2.24) is 8.75 Å². The maximum Gasteiger partial charge on any atom is 0.208 e. The van der Waals surface area contributed by atoms with Crippen molar-refractivity contribution in [3.8, 4) is 0 Å². The number of rotatable bonds is 3. The summed E-state index contributed by atoms with van der Waals surface area (Å²) in [5.41, 5.74) is 1.63. The number of benzene rings is 1. The average molecular weight is 240 g/mol. The third-order valence-corrected chi connectivity index (χ3v) is 3.24. The second-order valence-corrected chi connectivity index (χ2v) is 4.34. The molecular weight excluding hydrogens is 232 g/mol. The molecule has 0 aliphatic rings. The van der Waals surface area contributed by atoms with Crippen LogP contribution in [0.5, 0.6) is 0 Å². The molecule has 1 atom stereocenters. The van der Waals surface area contributed by atoms with E-state index >= 15 is 0 Å². The van der Waals surface area contributed by atoms with E-state index in [2.05, 4.69) is 8.75 Å². The van der Waals surface area contributed by atoms with Crippen molar-refractivity contribution >= 4 is 22.8 Å².